The first-order valence-electron chi connectivity index (χ1n) is 13.5. The number of hydrogen-bond donors (Lipinski definition) is 1. The van der Waals surface area contributed by atoms with E-state index in [0.29, 0.717) is 13.1 Å². The van der Waals surface area contributed by atoms with E-state index in [2.05, 4.69) is 90.1 Å². The van der Waals surface area contributed by atoms with Gasteiger partial charge in [0.2, 0.25) is 0 Å². The molecule has 2 aliphatic rings. The van der Waals surface area contributed by atoms with Gasteiger partial charge in [-0.15, -0.1) is 0 Å². The first-order valence-corrected chi connectivity index (χ1v) is 16.9. The summed E-state index contributed by atoms with van der Waals surface area (Å²) >= 11 is 0.268. The van der Waals surface area contributed by atoms with Crippen LogP contribution >= 0.6 is 0 Å². The van der Waals surface area contributed by atoms with Crippen LogP contribution in [0.25, 0.3) is 15.9 Å². The van der Waals surface area contributed by atoms with Crippen LogP contribution in [-0.2, 0) is 16.1 Å². The van der Waals surface area contributed by atoms with E-state index in [0.717, 1.165) is 30.5 Å². The van der Waals surface area contributed by atoms with Gasteiger partial charge in [0.1, 0.15) is 0 Å². The average Bonchev–Trinajstić information content (AvgIpc) is 3.44. The van der Waals surface area contributed by atoms with Crippen molar-refractivity contribution in [2.24, 2.45) is 0 Å². The molecule has 0 saturated heterocycles. The van der Waals surface area contributed by atoms with Gasteiger partial charge in [0.15, 0.2) is 0 Å². The maximum atomic E-state index is 11.3. The van der Waals surface area contributed by atoms with Crippen LogP contribution in [0.3, 0.4) is 0 Å². The van der Waals surface area contributed by atoms with Crippen molar-refractivity contribution >= 4 is 67.4 Å². The van der Waals surface area contributed by atoms with Gasteiger partial charge in [-0.3, -0.25) is 0 Å². The summed E-state index contributed by atoms with van der Waals surface area (Å²) in [6.07, 6.45) is 14.2. The van der Waals surface area contributed by atoms with E-state index in [9.17, 15) is 19.8 Å². The number of aliphatic carboxylic acids is 2. The van der Waals surface area contributed by atoms with E-state index in [4.69, 9.17) is 0 Å². The molecule has 6 nitrogen and oxygen atoms in total. The molecule has 0 amide bonds. The fraction of sp³-hybridized carbons (Fsp3) is 0.281. The third-order valence-electron chi connectivity index (χ3n) is 7.04. The van der Waals surface area contributed by atoms with Gasteiger partial charge in [0.25, 0.3) is 0 Å². The van der Waals surface area contributed by atoms with Crippen molar-refractivity contribution in [1.29, 1.82) is 0 Å². The third kappa shape index (κ3) is 6.76. The van der Waals surface area contributed by atoms with Crippen LogP contribution in [0.5, 0.6) is 0 Å². The molecule has 1 N–H and O–H groups in total. The number of aromatic nitrogens is 1. The number of aryl methyl sites for hydroxylation is 3. The number of carboxylic acids is 2. The Bertz CT molecular complexity index is 1600. The molecular formula is C32H32N2O4Se2. The molecule has 0 radical (unpaired) electrons. The normalized spacial score (nSPS) is 17.2. The van der Waals surface area contributed by atoms with Crippen molar-refractivity contribution in [3.63, 3.8) is 0 Å². The van der Waals surface area contributed by atoms with Crippen LogP contribution in [0.15, 0.2) is 76.4 Å². The SMILES string of the molecule is Cc1ccc2c(c1)N(CCC(=O)O)/C(=C/C=C1C=C(/C=C/c3[se]c4ccc(C)cc4[n+]3CCC(=O)[O-])CCC/1)[Se]2. The van der Waals surface area contributed by atoms with Crippen LogP contribution < -0.4 is 19.0 Å². The predicted octanol–water partition coefficient (Wildman–Crippen LogP) is 3.16. The average molecular weight is 667 g/mol. The van der Waals surface area contributed by atoms with Crippen molar-refractivity contribution in [3.05, 3.63) is 92.1 Å². The third-order valence-corrected chi connectivity index (χ3v) is 11.8. The summed E-state index contributed by atoms with van der Waals surface area (Å²) in [5.41, 5.74) is 7.15. The zero-order valence-electron chi connectivity index (χ0n) is 22.7. The quantitative estimate of drug-likeness (QED) is 0.281. The van der Waals surface area contributed by atoms with E-state index in [1.807, 2.05) is 0 Å². The summed E-state index contributed by atoms with van der Waals surface area (Å²) in [4.78, 5) is 24.7. The van der Waals surface area contributed by atoms with Crippen molar-refractivity contribution in [2.45, 2.75) is 52.5 Å². The van der Waals surface area contributed by atoms with Crippen LogP contribution in [0.4, 0.5) is 5.69 Å². The predicted molar refractivity (Wildman–Crippen MR) is 159 cm³/mol. The fourth-order valence-electron chi connectivity index (χ4n) is 5.04. The second-order valence-electron chi connectivity index (χ2n) is 10.2. The number of anilines is 1. The van der Waals surface area contributed by atoms with Crippen LogP contribution in [0.1, 0.15) is 47.8 Å². The van der Waals surface area contributed by atoms with Crippen molar-refractivity contribution in [3.8, 4) is 0 Å². The Morgan fingerprint density at radius 1 is 1.05 bits per heavy atom. The second-order valence-corrected chi connectivity index (χ2v) is 14.7. The van der Waals surface area contributed by atoms with E-state index in [1.165, 1.54) is 40.2 Å². The molecule has 8 heteroatoms. The molecule has 3 aromatic rings. The van der Waals surface area contributed by atoms with Gasteiger partial charge in [-0.05, 0) is 0 Å². The summed E-state index contributed by atoms with van der Waals surface area (Å²) in [6, 6.07) is 12.9. The molecule has 0 unspecified atom stereocenters. The molecule has 206 valence electrons. The number of fused-ring (bicyclic) bond motifs is 2. The molecule has 2 aromatic carbocycles. The van der Waals surface area contributed by atoms with Crippen LogP contribution in [0, 0.1) is 13.8 Å². The Hall–Kier alpha value is -3.15. The van der Waals surface area contributed by atoms with E-state index < -0.39 is 11.9 Å². The molecule has 1 aromatic heterocycles. The van der Waals surface area contributed by atoms with E-state index >= 15 is 0 Å². The molecular weight excluding hydrogens is 634 g/mol. The van der Waals surface area contributed by atoms with Gasteiger partial charge >= 0.3 is 248 Å². The molecule has 0 atom stereocenters. The minimum atomic E-state index is -1.03. The molecule has 2 heterocycles. The molecule has 0 bridgehead atoms. The molecule has 1 aliphatic heterocycles. The number of hydrogen-bond acceptors (Lipinski definition) is 4. The number of nitrogens with zero attached hydrogens (tertiary/aromatic N) is 2. The topological polar surface area (TPSA) is 84.6 Å². The summed E-state index contributed by atoms with van der Waals surface area (Å²) in [5.74, 6) is -1.81. The van der Waals surface area contributed by atoms with Crippen molar-refractivity contribution < 1.29 is 24.4 Å². The van der Waals surface area contributed by atoms with Gasteiger partial charge in [0, 0.05) is 0 Å². The molecule has 0 saturated carbocycles. The Kier molecular flexibility index (Phi) is 8.92. The summed E-state index contributed by atoms with van der Waals surface area (Å²) < 4.78 is 7.09. The zero-order chi connectivity index (χ0) is 28.2. The number of benzene rings is 2. The molecule has 40 heavy (non-hydrogen) atoms. The van der Waals surface area contributed by atoms with E-state index in [-0.39, 0.29) is 42.3 Å². The Morgan fingerprint density at radius 3 is 2.65 bits per heavy atom. The first kappa shape index (κ1) is 28.4. The monoisotopic (exact) mass is 668 g/mol. The standard InChI is InChI=1S/C32H32N2O4Se2/c1-21-6-10-27-25(18-21)33(16-14-31(35)36)29(39-27)12-8-23-4-3-5-24(20-23)9-13-30-34(17-15-32(37)38)26-19-22(2)7-11-28(26)40-30/h6-13,18-20H,3-5,14-17H2,1-2H3,(H-,35,36,37,38). The maximum absolute atomic E-state index is 11.3. The number of rotatable bonds is 9. The van der Waals surface area contributed by atoms with Gasteiger partial charge in [-0.1, -0.05) is 0 Å². The molecule has 0 fully saturated rings. The van der Waals surface area contributed by atoms with Crippen molar-refractivity contribution in [1.82, 2.24) is 0 Å². The zero-order valence-corrected chi connectivity index (χ0v) is 26.1. The van der Waals surface area contributed by atoms with Gasteiger partial charge in [-0.2, -0.15) is 0 Å². The first-order chi connectivity index (χ1) is 19.3. The Labute approximate surface area is 246 Å². The number of carboxylic acid groups (broad SMARTS) is 2. The van der Waals surface area contributed by atoms with Gasteiger partial charge in [0.05, 0.1) is 0 Å². The minimum absolute atomic E-state index is 0.000533. The van der Waals surface area contributed by atoms with Gasteiger partial charge < -0.3 is 0 Å². The second kappa shape index (κ2) is 12.6. The van der Waals surface area contributed by atoms with Gasteiger partial charge in [-0.25, -0.2) is 0 Å². The molecule has 1 aliphatic carbocycles. The molecule has 0 spiro atoms. The number of carbonyl (C=O) groups excluding carboxylic acids is 1. The van der Waals surface area contributed by atoms with E-state index in [1.54, 1.807) is 0 Å². The number of carbonyl (C=O) groups is 2. The van der Waals surface area contributed by atoms with Crippen molar-refractivity contribution in [2.75, 3.05) is 11.4 Å². The van der Waals surface area contributed by atoms with Crippen LogP contribution in [-0.4, -0.2) is 53.1 Å². The summed E-state index contributed by atoms with van der Waals surface area (Å²) in [7, 11) is 0. The number of allylic oxidation sites excluding steroid dienone is 6. The molecule has 5 rings (SSSR count). The Morgan fingerprint density at radius 2 is 1.85 bits per heavy atom. The fourth-order valence-corrected chi connectivity index (χ4v) is 9.53. The Balaban J connectivity index is 1.39. The van der Waals surface area contributed by atoms with Crippen LogP contribution in [0.2, 0.25) is 0 Å². The summed E-state index contributed by atoms with van der Waals surface area (Å²) in [6.45, 7) is 5.02. The summed E-state index contributed by atoms with van der Waals surface area (Å²) in [5, 5.41) is 20.5.